The summed E-state index contributed by atoms with van der Waals surface area (Å²) in [5.74, 6) is 0.463. The van der Waals surface area contributed by atoms with E-state index in [-0.39, 0.29) is 24.8 Å². The zero-order valence-electron chi connectivity index (χ0n) is 17.9. The predicted molar refractivity (Wildman–Crippen MR) is 120 cm³/mol. The number of benzene rings is 2. The molecule has 1 aliphatic rings. The number of sulfonamides is 1. The number of nitrogens with one attached hydrogen (secondary N) is 1. The second-order valence-corrected chi connectivity index (χ2v) is 9.42. The number of carbonyl (C=O) groups excluding carboxylic acids is 1. The van der Waals surface area contributed by atoms with Gasteiger partial charge in [-0.25, -0.2) is 8.42 Å². The number of para-hydroxylation sites is 2. The number of amides is 1. The van der Waals surface area contributed by atoms with Crippen LogP contribution in [0.2, 0.25) is 0 Å². The van der Waals surface area contributed by atoms with Gasteiger partial charge in [-0.3, -0.25) is 4.79 Å². The van der Waals surface area contributed by atoms with Gasteiger partial charge in [-0.15, -0.1) is 0 Å². The van der Waals surface area contributed by atoms with Crippen molar-refractivity contribution in [1.82, 2.24) is 9.62 Å². The van der Waals surface area contributed by atoms with Crippen molar-refractivity contribution in [2.24, 2.45) is 0 Å². The molecule has 0 radical (unpaired) electrons. The molecule has 1 aliphatic heterocycles. The molecule has 9 heteroatoms. The molecule has 8 nitrogen and oxygen atoms in total. The summed E-state index contributed by atoms with van der Waals surface area (Å²) in [7, 11) is -1.92. The molecule has 0 atom stereocenters. The van der Waals surface area contributed by atoms with Crippen molar-refractivity contribution in [2.45, 2.75) is 6.92 Å². The minimum absolute atomic E-state index is 0.0363. The zero-order chi connectivity index (χ0) is 22.3. The molecule has 2 aromatic carbocycles. The summed E-state index contributed by atoms with van der Waals surface area (Å²) in [4.78, 5) is 14.2. The van der Waals surface area contributed by atoms with E-state index in [1.807, 2.05) is 25.1 Å². The Morgan fingerprint density at radius 3 is 2.42 bits per heavy atom. The first-order valence-corrected chi connectivity index (χ1v) is 11.8. The minimum Gasteiger partial charge on any atom is -0.493 e. The van der Waals surface area contributed by atoms with Crippen molar-refractivity contribution in [1.29, 1.82) is 0 Å². The highest BCUT2D eigenvalue weighted by molar-refractivity contribution is 7.89. The van der Waals surface area contributed by atoms with Crippen LogP contribution in [0.3, 0.4) is 0 Å². The Balaban J connectivity index is 1.41. The van der Waals surface area contributed by atoms with Crippen LogP contribution in [0, 0.1) is 6.92 Å². The summed E-state index contributed by atoms with van der Waals surface area (Å²) in [5.41, 5.74) is 2.29. The van der Waals surface area contributed by atoms with E-state index in [1.165, 1.54) is 17.0 Å². The first kappa shape index (κ1) is 22.9. The minimum atomic E-state index is -3.44. The van der Waals surface area contributed by atoms with Crippen molar-refractivity contribution in [3.05, 3.63) is 54.1 Å². The largest absolute Gasteiger partial charge is 0.493 e. The van der Waals surface area contributed by atoms with Crippen LogP contribution in [0.1, 0.15) is 5.56 Å². The lowest BCUT2D eigenvalue weighted by Gasteiger charge is -2.35. The number of hydrogen-bond acceptors (Lipinski definition) is 6. The second kappa shape index (κ2) is 10.5. The Bertz CT molecular complexity index is 988. The number of rotatable bonds is 9. The Kier molecular flexibility index (Phi) is 7.75. The maximum absolute atomic E-state index is 12.6. The third kappa shape index (κ3) is 6.35. The maximum atomic E-state index is 12.6. The molecular weight excluding hydrogens is 418 g/mol. The molecule has 0 bridgehead atoms. The van der Waals surface area contributed by atoms with Gasteiger partial charge >= 0.3 is 0 Å². The van der Waals surface area contributed by atoms with Crippen LogP contribution >= 0.6 is 0 Å². The van der Waals surface area contributed by atoms with Crippen molar-refractivity contribution < 1.29 is 22.7 Å². The number of aryl methyl sites for hydroxylation is 1. The third-order valence-electron chi connectivity index (χ3n) is 5.11. The number of anilines is 1. The van der Waals surface area contributed by atoms with E-state index in [1.54, 1.807) is 24.3 Å². The molecule has 0 saturated carbocycles. The van der Waals surface area contributed by atoms with E-state index in [9.17, 15) is 13.2 Å². The summed E-state index contributed by atoms with van der Waals surface area (Å²) in [6.07, 6.45) is 0. The molecule has 1 N–H and O–H groups in total. The second-order valence-electron chi connectivity index (χ2n) is 7.33. The van der Waals surface area contributed by atoms with Crippen molar-refractivity contribution in [2.75, 3.05) is 57.1 Å². The van der Waals surface area contributed by atoms with Crippen LogP contribution < -0.4 is 19.7 Å². The number of nitrogens with zero attached hydrogens (tertiary/aromatic N) is 2. The lowest BCUT2D eigenvalue weighted by molar-refractivity contribution is -0.122. The van der Waals surface area contributed by atoms with Crippen LogP contribution in [0.15, 0.2) is 48.5 Å². The monoisotopic (exact) mass is 447 g/mol. The van der Waals surface area contributed by atoms with Crippen LogP contribution in [0.4, 0.5) is 5.69 Å². The Labute approximate surface area is 183 Å². The van der Waals surface area contributed by atoms with Gasteiger partial charge in [0.05, 0.1) is 12.9 Å². The average molecular weight is 448 g/mol. The van der Waals surface area contributed by atoms with Gasteiger partial charge in [-0.05, 0) is 36.8 Å². The summed E-state index contributed by atoms with van der Waals surface area (Å²) in [5, 5.41) is 2.61. The van der Waals surface area contributed by atoms with Crippen molar-refractivity contribution in [3.8, 4) is 11.5 Å². The Morgan fingerprint density at radius 1 is 1.03 bits per heavy atom. The van der Waals surface area contributed by atoms with Gasteiger partial charge in [0, 0.05) is 38.4 Å². The summed E-state index contributed by atoms with van der Waals surface area (Å²) in [6, 6.07) is 15.2. The smallest absolute Gasteiger partial charge is 0.257 e. The third-order valence-corrected chi connectivity index (χ3v) is 6.98. The zero-order valence-corrected chi connectivity index (χ0v) is 18.7. The molecule has 1 saturated heterocycles. The van der Waals surface area contributed by atoms with Crippen LogP contribution in [0.5, 0.6) is 11.5 Å². The molecule has 0 aliphatic carbocycles. The highest BCUT2D eigenvalue weighted by Crippen LogP contribution is 2.25. The normalized spacial score (nSPS) is 14.8. The topological polar surface area (TPSA) is 88.2 Å². The quantitative estimate of drug-likeness (QED) is 0.629. The van der Waals surface area contributed by atoms with E-state index < -0.39 is 10.0 Å². The fraction of sp³-hybridized carbons (Fsp3) is 0.409. The molecule has 2 aromatic rings. The first-order valence-electron chi connectivity index (χ1n) is 10.2. The van der Waals surface area contributed by atoms with Gasteiger partial charge in [-0.2, -0.15) is 4.31 Å². The summed E-state index contributed by atoms with van der Waals surface area (Å²) >= 11 is 0. The highest BCUT2D eigenvalue weighted by Gasteiger charge is 2.26. The predicted octanol–water partition coefficient (Wildman–Crippen LogP) is 1.65. The fourth-order valence-corrected chi connectivity index (χ4v) is 4.77. The van der Waals surface area contributed by atoms with E-state index in [4.69, 9.17) is 9.47 Å². The highest BCUT2D eigenvalue weighted by atomic mass is 32.2. The molecule has 0 unspecified atom stereocenters. The van der Waals surface area contributed by atoms with Crippen LogP contribution in [0.25, 0.3) is 0 Å². The lowest BCUT2D eigenvalue weighted by Crippen LogP contribution is -2.50. The summed E-state index contributed by atoms with van der Waals surface area (Å²) < 4.78 is 37.4. The number of methoxy groups -OCH3 is 1. The van der Waals surface area contributed by atoms with Crippen molar-refractivity contribution >= 4 is 21.6 Å². The maximum Gasteiger partial charge on any atom is 0.257 e. The van der Waals surface area contributed by atoms with Gasteiger partial charge in [0.2, 0.25) is 10.0 Å². The molecule has 1 heterocycles. The molecule has 0 spiro atoms. The van der Waals surface area contributed by atoms with Gasteiger partial charge in [0.1, 0.15) is 0 Å². The van der Waals surface area contributed by atoms with Gasteiger partial charge in [0.15, 0.2) is 18.1 Å². The number of carbonyl (C=O) groups is 1. The van der Waals surface area contributed by atoms with Gasteiger partial charge < -0.3 is 19.7 Å². The standard InChI is InChI=1S/C22H29N3O5S/c1-18-6-5-7-19(16-18)24-11-13-25(14-12-24)31(27,28)15-10-23-22(26)17-30-21-9-4-3-8-20(21)29-2/h3-9,16H,10-15,17H2,1-2H3,(H,23,26). The molecule has 168 valence electrons. The molecular formula is C22H29N3O5S. The van der Waals surface area contributed by atoms with E-state index in [0.717, 1.165) is 5.69 Å². The van der Waals surface area contributed by atoms with E-state index in [2.05, 4.69) is 16.3 Å². The lowest BCUT2D eigenvalue weighted by atomic mass is 10.2. The first-order chi connectivity index (χ1) is 14.9. The SMILES string of the molecule is COc1ccccc1OCC(=O)NCCS(=O)(=O)N1CCN(c2cccc(C)c2)CC1. The summed E-state index contributed by atoms with van der Waals surface area (Å²) in [6.45, 7) is 4.01. The van der Waals surface area contributed by atoms with E-state index in [0.29, 0.717) is 37.7 Å². The van der Waals surface area contributed by atoms with Crippen LogP contribution in [-0.2, 0) is 14.8 Å². The Hall–Kier alpha value is -2.78. The number of ether oxygens (including phenoxy) is 2. The van der Waals surface area contributed by atoms with E-state index >= 15 is 0 Å². The molecule has 31 heavy (non-hydrogen) atoms. The van der Waals surface area contributed by atoms with Gasteiger partial charge in [-0.1, -0.05) is 24.3 Å². The molecule has 1 fully saturated rings. The Morgan fingerprint density at radius 2 is 1.74 bits per heavy atom. The van der Waals surface area contributed by atoms with Crippen molar-refractivity contribution in [3.63, 3.8) is 0 Å². The molecule has 0 aromatic heterocycles. The molecule has 3 rings (SSSR count). The average Bonchev–Trinajstić information content (AvgIpc) is 2.78. The fourth-order valence-electron chi connectivity index (χ4n) is 3.43. The molecule has 1 amide bonds. The van der Waals surface area contributed by atoms with Crippen LogP contribution in [-0.4, -0.2) is 70.8 Å². The number of piperazine rings is 1. The van der Waals surface area contributed by atoms with Gasteiger partial charge in [0.25, 0.3) is 5.91 Å². The number of hydrogen-bond donors (Lipinski definition) is 1.